The summed E-state index contributed by atoms with van der Waals surface area (Å²) in [6.07, 6.45) is 4.01. The van der Waals surface area contributed by atoms with Crippen molar-refractivity contribution in [1.29, 1.82) is 0 Å². The van der Waals surface area contributed by atoms with Gasteiger partial charge in [-0.1, -0.05) is 48.2 Å². The number of ether oxygens (including phenoxy) is 1. The molecule has 142 valence electrons. The Morgan fingerprint density at radius 2 is 1.89 bits per heavy atom. The Morgan fingerprint density at radius 1 is 1.11 bits per heavy atom. The summed E-state index contributed by atoms with van der Waals surface area (Å²) < 4.78 is 5.88. The van der Waals surface area contributed by atoms with Gasteiger partial charge in [0, 0.05) is 24.6 Å². The quantitative estimate of drug-likeness (QED) is 0.648. The van der Waals surface area contributed by atoms with E-state index in [-0.39, 0.29) is 5.41 Å². The third-order valence-corrected chi connectivity index (χ3v) is 3.92. The first-order valence-corrected chi connectivity index (χ1v) is 9.33. The van der Waals surface area contributed by atoms with E-state index in [0.717, 1.165) is 18.8 Å². The van der Waals surface area contributed by atoms with Crippen LogP contribution in [0.5, 0.6) is 5.88 Å². The molecule has 1 heterocycles. The summed E-state index contributed by atoms with van der Waals surface area (Å²) in [6.45, 7) is 10.6. The lowest BCUT2D eigenvalue weighted by Gasteiger charge is -2.14. The molecule has 27 heavy (non-hydrogen) atoms. The van der Waals surface area contributed by atoms with Gasteiger partial charge >= 0.3 is 0 Å². The molecule has 0 saturated carbocycles. The van der Waals surface area contributed by atoms with Gasteiger partial charge in [0.05, 0.1) is 5.69 Å². The van der Waals surface area contributed by atoms with Gasteiger partial charge in [-0.25, -0.2) is 4.98 Å². The molecule has 0 saturated heterocycles. The zero-order chi connectivity index (χ0) is 19.7. The number of allylic oxidation sites excluding steroid dienone is 1. The molecule has 0 amide bonds. The van der Waals surface area contributed by atoms with Crippen molar-refractivity contribution in [1.82, 2.24) is 9.88 Å². The molecule has 0 bridgehead atoms. The zero-order valence-corrected chi connectivity index (χ0v) is 17.1. The lowest BCUT2D eigenvalue weighted by Crippen LogP contribution is -2.18. The van der Waals surface area contributed by atoms with Crippen LogP contribution in [0.4, 0.5) is 0 Å². The highest BCUT2D eigenvalue weighted by molar-refractivity contribution is 5.25. The summed E-state index contributed by atoms with van der Waals surface area (Å²) in [5.74, 6) is 6.96. The topological polar surface area (TPSA) is 25.4 Å². The summed E-state index contributed by atoms with van der Waals surface area (Å²) >= 11 is 0. The zero-order valence-electron chi connectivity index (χ0n) is 17.1. The fourth-order valence-corrected chi connectivity index (χ4v) is 2.44. The van der Waals surface area contributed by atoms with Crippen LogP contribution in [0.25, 0.3) is 0 Å². The fraction of sp³-hybridized carbons (Fsp3) is 0.375. The summed E-state index contributed by atoms with van der Waals surface area (Å²) in [5.41, 5.74) is 3.45. The van der Waals surface area contributed by atoms with Crippen molar-refractivity contribution in [2.24, 2.45) is 5.41 Å². The maximum absolute atomic E-state index is 5.88. The van der Waals surface area contributed by atoms with E-state index in [4.69, 9.17) is 4.74 Å². The Kier molecular flexibility index (Phi) is 7.64. The van der Waals surface area contributed by atoms with Crippen LogP contribution in [0.15, 0.2) is 54.6 Å². The van der Waals surface area contributed by atoms with Gasteiger partial charge < -0.3 is 4.74 Å². The molecule has 0 atom stereocenters. The first-order chi connectivity index (χ1) is 12.8. The van der Waals surface area contributed by atoms with Crippen LogP contribution >= 0.6 is 0 Å². The number of aromatic nitrogens is 1. The smallest absolute Gasteiger partial charge is 0.213 e. The first-order valence-electron chi connectivity index (χ1n) is 9.33. The maximum Gasteiger partial charge on any atom is 0.213 e. The van der Waals surface area contributed by atoms with Gasteiger partial charge in [-0.3, -0.25) is 4.90 Å². The molecule has 3 nitrogen and oxygen atoms in total. The van der Waals surface area contributed by atoms with Crippen LogP contribution in [-0.4, -0.2) is 23.5 Å². The SMILES string of the molecule is Cc1ccccc1COc1cccc(CN(C)CC=CC#CC(C)(C)C)n1. The lowest BCUT2D eigenvalue weighted by atomic mass is 9.98. The number of nitrogens with zero attached hydrogens (tertiary/aromatic N) is 2. The molecule has 0 N–H and O–H groups in total. The predicted molar refractivity (Wildman–Crippen MR) is 112 cm³/mol. The fourth-order valence-electron chi connectivity index (χ4n) is 2.44. The minimum absolute atomic E-state index is 0.0406. The molecule has 0 aliphatic carbocycles. The number of aryl methyl sites for hydroxylation is 1. The third kappa shape index (κ3) is 8.11. The average Bonchev–Trinajstić information content (AvgIpc) is 2.60. The summed E-state index contributed by atoms with van der Waals surface area (Å²) in [6, 6.07) is 14.2. The molecular weight excluding hydrogens is 332 g/mol. The number of benzene rings is 1. The van der Waals surface area contributed by atoms with E-state index in [1.807, 2.05) is 36.4 Å². The second kappa shape index (κ2) is 9.94. The minimum Gasteiger partial charge on any atom is -0.473 e. The first kappa shape index (κ1) is 20.7. The number of rotatable bonds is 7. The van der Waals surface area contributed by atoms with Crippen molar-refractivity contribution in [3.05, 3.63) is 71.4 Å². The summed E-state index contributed by atoms with van der Waals surface area (Å²) in [4.78, 5) is 6.82. The van der Waals surface area contributed by atoms with Crippen molar-refractivity contribution in [2.45, 2.75) is 40.8 Å². The van der Waals surface area contributed by atoms with Crippen molar-refractivity contribution >= 4 is 0 Å². The molecule has 1 aromatic heterocycles. The molecule has 0 fully saturated rings. The van der Waals surface area contributed by atoms with E-state index in [9.17, 15) is 0 Å². The van der Waals surface area contributed by atoms with Gasteiger partial charge in [0.25, 0.3) is 0 Å². The van der Waals surface area contributed by atoms with Gasteiger partial charge in [-0.05, 0) is 58.0 Å². The molecule has 3 heteroatoms. The van der Waals surface area contributed by atoms with Crippen LogP contribution in [0.3, 0.4) is 0 Å². The summed E-state index contributed by atoms with van der Waals surface area (Å²) in [7, 11) is 2.07. The van der Waals surface area contributed by atoms with Crippen molar-refractivity contribution in [3.63, 3.8) is 0 Å². The average molecular weight is 363 g/mol. The Labute approximate surface area is 164 Å². The van der Waals surface area contributed by atoms with Gasteiger partial charge in [0.15, 0.2) is 0 Å². The second-order valence-electron chi connectivity index (χ2n) is 7.80. The van der Waals surface area contributed by atoms with Crippen molar-refractivity contribution in [3.8, 4) is 17.7 Å². The molecule has 0 aliphatic heterocycles. The standard InChI is InChI=1S/C24H30N2O/c1-20-12-7-8-13-21(20)19-27-23-15-11-14-22(25-23)18-26(5)17-10-6-9-16-24(2,3)4/h6-8,10-15H,17-19H2,1-5H3. The summed E-state index contributed by atoms with van der Waals surface area (Å²) in [5, 5.41) is 0. The number of hydrogen-bond donors (Lipinski definition) is 0. The Hall–Kier alpha value is -2.57. The Morgan fingerprint density at radius 3 is 2.63 bits per heavy atom. The van der Waals surface area contributed by atoms with E-state index < -0.39 is 0 Å². The van der Waals surface area contributed by atoms with E-state index in [1.54, 1.807) is 0 Å². The highest BCUT2D eigenvalue weighted by atomic mass is 16.5. The van der Waals surface area contributed by atoms with Gasteiger partial charge in [-0.15, -0.1) is 0 Å². The van der Waals surface area contributed by atoms with Gasteiger partial charge in [-0.2, -0.15) is 0 Å². The molecule has 0 unspecified atom stereocenters. The molecule has 2 aromatic rings. The van der Waals surface area contributed by atoms with E-state index in [1.165, 1.54) is 11.1 Å². The highest BCUT2D eigenvalue weighted by Gasteiger charge is 2.04. The van der Waals surface area contributed by atoms with Crippen molar-refractivity contribution in [2.75, 3.05) is 13.6 Å². The van der Waals surface area contributed by atoms with Crippen LogP contribution in [0, 0.1) is 24.2 Å². The number of likely N-dealkylation sites (N-methyl/N-ethyl adjacent to an activating group) is 1. The minimum atomic E-state index is 0.0406. The normalized spacial score (nSPS) is 11.5. The number of hydrogen-bond acceptors (Lipinski definition) is 3. The Balaban J connectivity index is 1.86. The predicted octanol–water partition coefficient (Wildman–Crippen LogP) is 5.01. The van der Waals surface area contributed by atoms with Crippen LogP contribution in [-0.2, 0) is 13.2 Å². The maximum atomic E-state index is 5.88. The molecule has 0 aliphatic rings. The van der Waals surface area contributed by atoms with E-state index >= 15 is 0 Å². The van der Waals surface area contributed by atoms with E-state index in [2.05, 4.69) is 74.7 Å². The highest BCUT2D eigenvalue weighted by Crippen LogP contribution is 2.14. The number of pyridine rings is 1. The van der Waals surface area contributed by atoms with Gasteiger partial charge in [0.1, 0.15) is 6.61 Å². The largest absolute Gasteiger partial charge is 0.473 e. The molecule has 1 aromatic carbocycles. The van der Waals surface area contributed by atoms with Crippen molar-refractivity contribution < 1.29 is 4.74 Å². The monoisotopic (exact) mass is 362 g/mol. The lowest BCUT2D eigenvalue weighted by molar-refractivity contribution is 0.289. The van der Waals surface area contributed by atoms with Crippen LogP contribution in [0.1, 0.15) is 37.6 Å². The van der Waals surface area contributed by atoms with Gasteiger partial charge in [0.2, 0.25) is 5.88 Å². The van der Waals surface area contributed by atoms with Crippen LogP contribution < -0.4 is 4.74 Å². The molecular formula is C24H30N2O. The second-order valence-corrected chi connectivity index (χ2v) is 7.80. The Bertz CT molecular complexity index is 822. The molecule has 0 spiro atoms. The van der Waals surface area contributed by atoms with Crippen LogP contribution in [0.2, 0.25) is 0 Å². The van der Waals surface area contributed by atoms with E-state index in [0.29, 0.717) is 12.5 Å². The third-order valence-electron chi connectivity index (χ3n) is 3.92. The molecule has 0 radical (unpaired) electrons. The molecule has 2 rings (SSSR count).